The highest BCUT2D eigenvalue weighted by atomic mass is 16.1. The highest BCUT2D eigenvalue weighted by Gasteiger charge is 2.10. The molecule has 0 saturated heterocycles. The van der Waals surface area contributed by atoms with Crippen molar-refractivity contribution in [3.8, 4) is 0 Å². The summed E-state index contributed by atoms with van der Waals surface area (Å²) in [6.45, 7) is 2.09. The van der Waals surface area contributed by atoms with Crippen LogP contribution in [-0.4, -0.2) is 19.0 Å². The predicted molar refractivity (Wildman–Crippen MR) is 41.6 cm³/mol. The summed E-state index contributed by atoms with van der Waals surface area (Å²) < 4.78 is 0. The van der Waals surface area contributed by atoms with Gasteiger partial charge in [0.15, 0.2) is 0 Å². The first-order valence-corrected chi connectivity index (χ1v) is 3.69. The highest BCUT2D eigenvalue weighted by Crippen LogP contribution is 1.98. The van der Waals surface area contributed by atoms with Crippen LogP contribution in [0.1, 0.15) is 26.2 Å². The molecule has 0 aliphatic rings. The summed E-state index contributed by atoms with van der Waals surface area (Å²) in [7, 11) is 1.76. The van der Waals surface area contributed by atoms with Crippen LogP contribution in [0.4, 0.5) is 0 Å². The molecular formula is C7H16N2O. The second kappa shape index (κ2) is 5.23. The van der Waals surface area contributed by atoms with E-state index < -0.39 is 0 Å². The number of rotatable bonds is 5. The van der Waals surface area contributed by atoms with Gasteiger partial charge in [-0.05, 0) is 13.5 Å². The molecule has 10 heavy (non-hydrogen) atoms. The molecule has 0 rings (SSSR count). The largest absolute Gasteiger partial charge is 0.368 e. The Balaban J connectivity index is 3.50. The van der Waals surface area contributed by atoms with Gasteiger partial charge in [0, 0.05) is 0 Å². The van der Waals surface area contributed by atoms with Crippen LogP contribution < -0.4 is 11.1 Å². The molecule has 60 valence electrons. The lowest BCUT2D eigenvalue weighted by Gasteiger charge is -2.09. The molecule has 1 atom stereocenters. The van der Waals surface area contributed by atoms with Crippen LogP contribution in [0.2, 0.25) is 0 Å². The van der Waals surface area contributed by atoms with E-state index in [4.69, 9.17) is 5.73 Å². The zero-order valence-corrected chi connectivity index (χ0v) is 6.68. The molecule has 0 aromatic carbocycles. The molecule has 3 nitrogen and oxygen atoms in total. The molecule has 0 radical (unpaired) electrons. The number of amides is 1. The van der Waals surface area contributed by atoms with Gasteiger partial charge in [-0.1, -0.05) is 19.8 Å². The molecule has 0 aliphatic heterocycles. The average molecular weight is 144 g/mol. The van der Waals surface area contributed by atoms with Gasteiger partial charge in [-0.25, -0.2) is 0 Å². The molecule has 0 spiro atoms. The van der Waals surface area contributed by atoms with Crippen LogP contribution in [0.25, 0.3) is 0 Å². The van der Waals surface area contributed by atoms with Crippen molar-refractivity contribution in [2.24, 2.45) is 5.73 Å². The molecule has 0 heterocycles. The smallest absolute Gasteiger partial charge is 0.234 e. The van der Waals surface area contributed by atoms with Gasteiger partial charge < -0.3 is 11.1 Å². The highest BCUT2D eigenvalue weighted by molar-refractivity contribution is 5.79. The Morgan fingerprint density at radius 1 is 1.70 bits per heavy atom. The molecule has 3 N–H and O–H groups in total. The number of likely N-dealkylation sites (N-methyl/N-ethyl adjacent to an activating group) is 1. The van der Waals surface area contributed by atoms with E-state index >= 15 is 0 Å². The number of nitrogens with two attached hydrogens (primary N) is 1. The Labute approximate surface area is 62.0 Å². The van der Waals surface area contributed by atoms with E-state index in [1.165, 1.54) is 0 Å². The third kappa shape index (κ3) is 3.45. The first-order chi connectivity index (χ1) is 4.72. The van der Waals surface area contributed by atoms with Gasteiger partial charge >= 0.3 is 0 Å². The molecule has 1 amide bonds. The van der Waals surface area contributed by atoms with Crippen molar-refractivity contribution in [1.82, 2.24) is 5.32 Å². The van der Waals surface area contributed by atoms with Gasteiger partial charge in [0.1, 0.15) is 0 Å². The van der Waals surface area contributed by atoms with Crippen molar-refractivity contribution >= 4 is 5.91 Å². The number of carbonyl (C=O) groups is 1. The molecular weight excluding hydrogens is 128 g/mol. The number of hydrogen-bond donors (Lipinski definition) is 2. The van der Waals surface area contributed by atoms with Crippen LogP contribution in [0.3, 0.4) is 0 Å². The van der Waals surface area contributed by atoms with E-state index in [2.05, 4.69) is 12.2 Å². The number of primary amides is 1. The van der Waals surface area contributed by atoms with Gasteiger partial charge in [0.05, 0.1) is 6.04 Å². The summed E-state index contributed by atoms with van der Waals surface area (Å²) in [5.41, 5.74) is 5.09. The van der Waals surface area contributed by atoms with Crippen molar-refractivity contribution < 1.29 is 4.79 Å². The van der Waals surface area contributed by atoms with Gasteiger partial charge in [0.2, 0.25) is 5.91 Å². The van der Waals surface area contributed by atoms with Crippen LogP contribution in [0.5, 0.6) is 0 Å². The number of carbonyl (C=O) groups excluding carboxylic acids is 1. The van der Waals surface area contributed by atoms with Gasteiger partial charge in [-0.3, -0.25) is 4.79 Å². The zero-order valence-electron chi connectivity index (χ0n) is 6.68. The molecule has 0 fully saturated rings. The second-order valence-electron chi connectivity index (χ2n) is 2.39. The fraction of sp³-hybridized carbons (Fsp3) is 0.857. The topological polar surface area (TPSA) is 55.1 Å². The quantitative estimate of drug-likeness (QED) is 0.581. The zero-order chi connectivity index (χ0) is 7.98. The summed E-state index contributed by atoms with van der Waals surface area (Å²) in [4.78, 5) is 10.6. The maximum absolute atomic E-state index is 10.6. The van der Waals surface area contributed by atoms with E-state index in [1.807, 2.05) is 0 Å². The van der Waals surface area contributed by atoms with E-state index in [0.717, 1.165) is 19.3 Å². The monoisotopic (exact) mass is 144 g/mol. The molecule has 0 aromatic rings. The van der Waals surface area contributed by atoms with Crippen LogP contribution in [-0.2, 0) is 4.79 Å². The minimum Gasteiger partial charge on any atom is -0.368 e. The Hall–Kier alpha value is -0.570. The van der Waals surface area contributed by atoms with E-state index in [-0.39, 0.29) is 11.9 Å². The fourth-order valence-corrected chi connectivity index (χ4v) is 0.837. The Kier molecular flexibility index (Phi) is 4.94. The molecule has 0 aliphatic carbocycles. The Bertz CT molecular complexity index is 104. The minimum absolute atomic E-state index is 0.139. The third-order valence-corrected chi connectivity index (χ3v) is 1.54. The lowest BCUT2D eigenvalue weighted by atomic mass is 10.1. The molecule has 3 heteroatoms. The maximum Gasteiger partial charge on any atom is 0.234 e. The van der Waals surface area contributed by atoms with E-state index in [9.17, 15) is 4.79 Å². The first-order valence-electron chi connectivity index (χ1n) is 3.69. The van der Waals surface area contributed by atoms with Gasteiger partial charge in [-0.15, -0.1) is 0 Å². The van der Waals surface area contributed by atoms with Crippen molar-refractivity contribution in [2.45, 2.75) is 32.2 Å². The summed E-state index contributed by atoms with van der Waals surface area (Å²) in [5, 5.41) is 2.86. The lowest BCUT2D eigenvalue weighted by molar-refractivity contribution is -0.120. The lowest BCUT2D eigenvalue weighted by Crippen LogP contribution is -2.38. The Morgan fingerprint density at radius 3 is 2.60 bits per heavy atom. The predicted octanol–water partition coefficient (Wildman–Crippen LogP) is 0.250. The van der Waals surface area contributed by atoms with Gasteiger partial charge in [-0.2, -0.15) is 0 Å². The van der Waals surface area contributed by atoms with E-state index in [0.29, 0.717) is 0 Å². The fourth-order valence-electron chi connectivity index (χ4n) is 0.837. The number of nitrogens with one attached hydrogen (secondary N) is 1. The summed E-state index contributed by atoms with van der Waals surface area (Å²) in [6, 6.07) is -0.139. The van der Waals surface area contributed by atoms with Crippen molar-refractivity contribution in [1.29, 1.82) is 0 Å². The minimum atomic E-state index is -0.254. The summed E-state index contributed by atoms with van der Waals surface area (Å²) in [5.74, 6) is -0.254. The SMILES string of the molecule is CCCCC(NC)C(N)=O. The average Bonchev–Trinajstić information content (AvgIpc) is 1.89. The summed E-state index contributed by atoms with van der Waals surface area (Å²) >= 11 is 0. The maximum atomic E-state index is 10.6. The standard InChI is InChI=1S/C7H16N2O/c1-3-4-5-6(9-2)7(8)10/h6,9H,3-5H2,1-2H3,(H2,8,10). The van der Waals surface area contributed by atoms with Crippen LogP contribution >= 0.6 is 0 Å². The van der Waals surface area contributed by atoms with E-state index in [1.54, 1.807) is 7.05 Å². The van der Waals surface area contributed by atoms with Gasteiger partial charge in [0.25, 0.3) is 0 Å². The third-order valence-electron chi connectivity index (χ3n) is 1.54. The van der Waals surface area contributed by atoms with Crippen molar-refractivity contribution in [3.05, 3.63) is 0 Å². The first kappa shape index (κ1) is 9.43. The molecule has 0 saturated carbocycles. The van der Waals surface area contributed by atoms with Crippen molar-refractivity contribution in [3.63, 3.8) is 0 Å². The number of unbranched alkanes of at least 4 members (excludes halogenated alkanes) is 1. The van der Waals surface area contributed by atoms with Crippen LogP contribution in [0.15, 0.2) is 0 Å². The Morgan fingerprint density at radius 2 is 2.30 bits per heavy atom. The normalized spacial score (nSPS) is 13.0. The molecule has 0 aromatic heterocycles. The molecule has 1 unspecified atom stereocenters. The number of hydrogen-bond acceptors (Lipinski definition) is 2. The van der Waals surface area contributed by atoms with Crippen LogP contribution in [0, 0.1) is 0 Å². The molecule has 0 bridgehead atoms. The second-order valence-corrected chi connectivity index (χ2v) is 2.39. The summed E-state index contributed by atoms with van der Waals surface area (Å²) in [6.07, 6.45) is 3.00. The van der Waals surface area contributed by atoms with Crippen molar-refractivity contribution in [2.75, 3.05) is 7.05 Å².